The molecule has 1 rings (SSSR count). The third-order valence-electron chi connectivity index (χ3n) is 3.85. The SMILES string of the molecule is C/C=C/CCc1ccc(CC/C=C/CCCCCC)cc1. The van der Waals surface area contributed by atoms with Crippen LogP contribution in [0.3, 0.4) is 0 Å². The molecule has 1 aromatic rings. The Morgan fingerprint density at radius 1 is 0.714 bits per heavy atom. The molecule has 0 unspecified atom stereocenters. The lowest BCUT2D eigenvalue weighted by atomic mass is 10.0. The minimum atomic E-state index is 1.15. The van der Waals surface area contributed by atoms with Gasteiger partial charge in [-0.1, -0.05) is 74.8 Å². The van der Waals surface area contributed by atoms with Crippen LogP contribution >= 0.6 is 0 Å². The minimum Gasteiger partial charge on any atom is -0.0917 e. The second kappa shape index (κ2) is 12.4. The van der Waals surface area contributed by atoms with Gasteiger partial charge in [-0.05, 0) is 56.6 Å². The van der Waals surface area contributed by atoms with E-state index in [0.29, 0.717) is 0 Å². The van der Waals surface area contributed by atoms with E-state index in [-0.39, 0.29) is 0 Å². The van der Waals surface area contributed by atoms with Gasteiger partial charge in [-0.25, -0.2) is 0 Å². The van der Waals surface area contributed by atoms with E-state index >= 15 is 0 Å². The van der Waals surface area contributed by atoms with Crippen molar-refractivity contribution in [2.45, 2.75) is 71.6 Å². The highest BCUT2D eigenvalue weighted by molar-refractivity contribution is 5.23. The van der Waals surface area contributed by atoms with E-state index in [2.05, 4.69) is 62.4 Å². The summed E-state index contributed by atoms with van der Waals surface area (Å²) in [6.07, 6.45) is 20.4. The average Bonchev–Trinajstić information content (AvgIpc) is 2.52. The van der Waals surface area contributed by atoms with Crippen molar-refractivity contribution in [2.24, 2.45) is 0 Å². The van der Waals surface area contributed by atoms with Crippen molar-refractivity contribution in [3.05, 3.63) is 59.7 Å². The molecule has 0 spiro atoms. The molecule has 1 aromatic carbocycles. The van der Waals surface area contributed by atoms with Crippen LogP contribution in [0.15, 0.2) is 48.6 Å². The first-order chi connectivity index (χ1) is 10.4. The Hall–Kier alpha value is -1.30. The lowest BCUT2D eigenvalue weighted by Gasteiger charge is -2.02. The Bertz CT molecular complexity index is 395. The number of aryl methyl sites for hydroxylation is 2. The zero-order chi connectivity index (χ0) is 15.2. The first-order valence-corrected chi connectivity index (χ1v) is 8.70. The lowest BCUT2D eigenvalue weighted by Crippen LogP contribution is -1.87. The van der Waals surface area contributed by atoms with Crippen molar-refractivity contribution in [1.82, 2.24) is 0 Å². The fraction of sp³-hybridized carbons (Fsp3) is 0.524. The second-order valence-electron chi connectivity index (χ2n) is 5.78. The van der Waals surface area contributed by atoms with Crippen LogP contribution in [-0.4, -0.2) is 0 Å². The van der Waals surface area contributed by atoms with E-state index in [0.717, 1.165) is 12.8 Å². The molecule has 0 amide bonds. The van der Waals surface area contributed by atoms with Crippen molar-refractivity contribution in [3.63, 3.8) is 0 Å². The van der Waals surface area contributed by atoms with Gasteiger partial charge in [-0.15, -0.1) is 0 Å². The first kappa shape index (κ1) is 17.8. The van der Waals surface area contributed by atoms with Crippen LogP contribution in [-0.2, 0) is 12.8 Å². The molecule has 0 saturated heterocycles. The summed E-state index contributed by atoms with van der Waals surface area (Å²) < 4.78 is 0. The van der Waals surface area contributed by atoms with E-state index in [1.807, 2.05) is 0 Å². The molecule has 0 heteroatoms. The second-order valence-corrected chi connectivity index (χ2v) is 5.78. The van der Waals surface area contributed by atoms with Crippen molar-refractivity contribution >= 4 is 0 Å². The molecule has 0 atom stereocenters. The molecule has 0 fully saturated rings. The summed E-state index contributed by atoms with van der Waals surface area (Å²) in [4.78, 5) is 0. The normalized spacial score (nSPS) is 11.7. The molecule has 0 bridgehead atoms. The molecule has 0 aliphatic heterocycles. The van der Waals surface area contributed by atoms with Crippen LogP contribution in [0.25, 0.3) is 0 Å². The van der Waals surface area contributed by atoms with Gasteiger partial charge in [0.15, 0.2) is 0 Å². The highest BCUT2D eigenvalue weighted by atomic mass is 14.0. The first-order valence-electron chi connectivity index (χ1n) is 8.70. The summed E-state index contributed by atoms with van der Waals surface area (Å²) in [6, 6.07) is 9.15. The monoisotopic (exact) mass is 284 g/mol. The minimum absolute atomic E-state index is 1.15. The fourth-order valence-corrected chi connectivity index (χ4v) is 2.46. The maximum absolute atomic E-state index is 2.36. The highest BCUT2D eigenvalue weighted by Gasteiger charge is 1.94. The van der Waals surface area contributed by atoms with Gasteiger partial charge < -0.3 is 0 Å². The summed E-state index contributed by atoms with van der Waals surface area (Å²) in [5.41, 5.74) is 2.91. The number of allylic oxidation sites excluding steroid dienone is 4. The van der Waals surface area contributed by atoms with Crippen LogP contribution in [0.2, 0.25) is 0 Å². The zero-order valence-corrected chi connectivity index (χ0v) is 14.0. The number of unbranched alkanes of at least 4 members (excludes halogenated alkanes) is 4. The van der Waals surface area contributed by atoms with Gasteiger partial charge in [0.1, 0.15) is 0 Å². The quantitative estimate of drug-likeness (QED) is 0.315. The lowest BCUT2D eigenvalue weighted by molar-refractivity contribution is 0.674. The Morgan fingerprint density at radius 3 is 1.86 bits per heavy atom. The molecular weight excluding hydrogens is 252 g/mol. The maximum atomic E-state index is 2.36. The Balaban J connectivity index is 2.16. The Labute approximate surface area is 132 Å². The molecule has 0 nitrogen and oxygen atoms in total. The van der Waals surface area contributed by atoms with E-state index in [1.165, 1.54) is 56.1 Å². The van der Waals surface area contributed by atoms with Gasteiger partial charge in [-0.2, -0.15) is 0 Å². The molecule has 116 valence electrons. The zero-order valence-electron chi connectivity index (χ0n) is 14.0. The fourth-order valence-electron chi connectivity index (χ4n) is 2.46. The third kappa shape index (κ3) is 9.28. The standard InChI is InChI=1S/C21H32/c1-3-5-7-8-9-10-11-13-15-21-18-16-20(17-19-21)14-12-6-4-2/h4,6,10-11,16-19H,3,5,7-9,12-15H2,1-2H3/b6-4+,11-10+. The molecule has 0 saturated carbocycles. The molecule has 0 radical (unpaired) electrons. The summed E-state index contributed by atoms with van der Waals surface area (Å²) in [7, 11) is 0. The molecule has 21 heavy (non-hydrogen) atoms. The predicted octanol–water partition coefficient (Wildman–Crippen LogP) is 6.65. The predicted molar refractivity (Wildman–Crippen MR) is 95.8 cm³/mol. The number of rotatable bonds is 11. The van der Waals surface area contributed by atoms with Gasteiger partial charge >= 0.3 is 0 Å². The maximum Gasteiger partial charge on any atom is -0.0244 e. The Morgan fingerprint density at radius 2 is 1.29 bits per heavy atom. The van der Waals surface area contributed by atoms with Crippen molar-refractivity contribution < 1.29 is 0 Å². The summed E-state index contributed by atoms with van der Waals surface area (Å²) in [6.45, 7) is 4.35. The topological polar surface area (TPSA) is 0 Å². The van der Waals surface area contributed by atoms with E-state index < -0.39 is 0 Å². The number of benzene rings is 1. The number of hydrogen-bond acceptors (Lipinski definition) is 0. The molecule has 0 aromatic heterocycles. The van der Waals surface area contributed by atoms with Crippen molar-refractivity contribution in [3.8, 4) is 0 Å². The van der Waals surface area contributed by atoms with E-state index in [1.54, 1.807) is 0 Å². The van der Waals surface area contributed by atoms with Crippen LogP contribution < -0.4 is 0 Å². The van der Waals surface area contributed by atoms with Gasteiger partial charge in [0, 0.05) is 0 Å². The summed E-state index contributed by atoms with van der Waals surface area (Å²) in [5.74, 6) is 0. The van der Waals surface area contributed by atoms with E-state index in [4.69, 9.17) is 0 Å². The van der Waals surface area contributed by atoms with Gasteiger partial charge in [-0.3, -0.25) is 0 Å². The van der Waals surface area contributed by atoms with Gasteiger partial charge in [0.05, 0.1) is 0 Å². The largest absolute Gasteiger partial charge is 0.0917 e. The van der Waals surface area contributed by atoms with Crippen LogP contribution in [0, 0.1) is 0 Å². The average molecular weight is 284 g/mol. The van der Waals surface area contributed by atoms with Gasteiger partial charge in [0.2, 0.25) is 0 Å². The smallest absolute Gasteiger partial charge is 0.0244 e. The van der Waals surface area contributed by atoms with Crippen molar-refractivity contribution in [2.75, 3.05) is 0 Å². The molecular formula is C21H32. The summed E-state index contributed by atoms with van der Waals surface area (Å²) >= 11 is 0. The van der Waals surface area contributed by atoms with Crippen LogP contribution in [0.4, 0.5) is 0 Å². The third-order valence-corrected chi connectivity index (χ3v) is 3.85. The molecule has 0 heterocycles. The van der Waals surface area contributed by atoms with Gasteiger partial charge in [0.25, 0.3) is 0 Å². The van der Waals surface area contributed by atoms with E-state index in [9.17, 15) is 0 Å². The molecule has 0 aliphatic rings. The number of hydrogen-bond donors (Lipinski definition) is 0. The van der Waals surface area contributed by atoms with Crippen molar-refractivity contribution in [1.29, 1.82) is 0 Å². The molecule has 0 N–H and O–H groups in total. The molecule has 0 aliphatic carbocycles. The summed E-state index contributed by atoms with van der Waals surface area (Å²) in [5, 5.41) is 0. The van der Waals surface area contributed by atoms with Crippen LogP contribution in [0.1, 0.15) is 69.9 Å². The Kier molecular flexibility index (Phi) is 10.5. The van der Waals surface area contributed by atoms with Crippen LogP contribution in [0.5, 0.6) is 0 Å². The highest BCUT2D eigenvalue weighted by Crippen LogP contribution is 2.10.